The fourth-order valence-corrected chi connectivity index (χ4v) is 2.94. The number of nitrogens with one attached hydrogen (secondary N) is 2. The van der Waals surface area contributed by atoms with Crippen LogP contribution in [-0.2, 0) is 12.0 Å². The Balaban J connectivity index is 1.93. The first kappa shape index (κ1) is 13.6. The van der Waals surface area contributed by atoms with Crippen LogP contribution >= 0.6 is 0 Å². The van der Waals surface area contributed by atoms with Crippen LogP contribution < -0.4 is 5.32 Å². The van der Waals surface area contributed by atoms with Crippen molar-refractivity contribution in [3.63, 3.8) is 0 Å². The second kappa shape index (κ2) is 5.85. The number of imidazole rings is 1. The minimum Gasteiger partial charge on any atom is -0.348 e. The van der Waals surface area contributed by atoms with Crippen molar-refractivity contribution < 1.29 is 0 Å². The lowest BCUT2D eigenvalue weighted by atomic mass is 9.87. The van der Waals surface area contributed by atoms with Gasteiger partial charge in [-0.25, -0.2) is 4.98 Å². The van der Waals surface area contributed by atoms with Crippen molar-refractivity contribution in [3.05, 3.63) is 17.7 Å². The molecule has 4 nitrogen and oxygen atoms in total. The number of nitrogens with zero attached hydrogens (tertiary/aromatic N) is 2. The van der Waals surface area contributed by atoms with E-state index in [-0.39, 0.29) is 5.54 Å². The van der Waals surface area contributed by atoms with E-state index < -0.39 is 0 Å². The molecule has 0 radical (unpaired) electrons. The molecule has 1 atom stereocenters. The lowest BCUT2D eigenvalue weighted by Gasteiger charge is -2.34. The highest BCUT2D eigenvalue weighted by Gasteiger charge is 2.33. The van der Waals surface area contributed by atoms with Crippen LogP contribution in [0.1, 0.15) is 45.0 Å². The van der Waals surface area contributed by atoms with Crippen molar-refractivity contribution in [3.8, 4) is 0 Å². The summed E-state index contributed by atoms with van der Waals surface area (Å²) >= 11 is 0. The Kier molecular flexibility index (Phi) is 4.40. The van der Waals surface area contributed by atoms with Gasteiger partial charge in [0.05, 0.1) is 17.6 Å². The third-order valence-corrected chi connectivity index (χ3v) is 4.18. The molecule has 0 bridgehead atoms. The van der Waals surface area contributed by atoms with E-state index in [2.05, 4.69) is 41.0 Å². The summed E-state index contributed by atoms with van der Waals surface area (Å²) in [5.41, 5.74) is 2.60. The minimum absolute atomic E-state index is 0.0563. The Morgan fingerprint density at radius 2 is 2.17 bits per heavy atom. The summed E-state index contributed by atoms with van der Waals surface area (Å²) in [7, 11) is 0. The van der Waals surface area contributed by atoms with Gasteiger partial charge in [-0.1, -0.05) is 13.8 Å². The molecule has 0 spiro atoms. The van der Waals surface area contributed by atoms with Crippen LogP contribution in [0.15, 0.2) is 6.33 Å². The smallest absolute Gasteiger partial charge is 0.0926 e. The summed E-state index contributed by atoms with van der Waals surface area (Å²) in [5.74, 6) is 0. The maximum atomic E-state index is 4.52. The van der Waals surface area contributed by atoms with Gasteiger partial charge in [0.1, 0.15) is 0 Å². The van der Waals surface area contributed by atoms with Crippen LogP contribution in [-0.4, -0.2) is 41.0 Å². The van der Waals surface area contributed by atoms with Gasteiger partial charge in [-0.15, -0.1) is 0 Å². The second-order valence-electron chi connectivity index (χ2n) is 5.37. The molecule has 0 amide bonds. The number of aromatic nitrogens is 2. The molecule has 0 saturated carbocycles. The molecule has 1 aliphatic heterocycles. The number of hydrogen-bond acceptors (Lipinski definition) is 3. The number of H-pyrrole nitrogens is 1. The molecule has 1 aromatic rings. The zero-order valence-electron chi connectivity index (χ0n) is 11.9. The van der Waals surface area contributed by atoms with Crippen LogP contribution in [0.4, 0.5) is 0 Å². The van der Waals surface area contributed by atoms with Gasteiger partial charge in [-0.2, -0.15) is 0 Å². The third-order valence-electron chi connectivity index (χ3n) is 4.18. The highest BCUT2D eigenvalue weighted by molar-refractivity contribution is 5.24. The first-order valence-electron chi connectivity index (χ1n) is 7.19. The molecule has 0 saturated heterocycles. The standard InChI is InChI=1S/C14H26N4/c1-4-18(5-2)10-6-8-14(3)13-12(7-9-17-14)15-11-16-13/h11,17H,4-10H2,1-3H3,(H,15,16)/t14-/m1/s1. The molecule has 18 heavy (non-hydrogen) atoms. The number of fused-ring (bicyclic) bond motifs is 1. The SMILES string of the molecule is CCN(CC)CCC[C@@]1(C)NCCc2[nH]cnc21. The van der Waals surface area contributed by atoms with E-state index in [1.807, 2.05) is 6.33 Å². The van der Waals surface area contributed by atoms with Crippen molar-refractivity contribution in [2.75, 3.05) is 26.2 Å². The van der Waals surface area contributed by atoms with Gasteiger partial charge in [0, 0.05) is 18.7 Å². The summed E-state index contributed by atoms with van der Waals surface area (Å²) in [4.78, 5) is 10.3. The van der Waals surface area contributed by atoms with E-state index in [4.69, 9.17) is 0 Å². The molecule has 0 aliphatic carbocycles. The monoisotopic (exact) mass is 250 g/mol. The van der Waals surface area contributed by atoms with Crippen molar-refractivity contribution in [1.29, 1.82) is 0 Å². The van der Waals surface area contributed by atoms with Crippen LogP contribution in [0.3, 0.4) is 0 Å². The Labute approximate surface area is 110 Å². The van der Waals surface area contributed by atoms with Gasteiger partial charge >= 0.3 is 0 Å². The fourth-order valence-electron chi connectivity index (χ4n) is 2.94. The maximum absolute atomic E-state index is 4.52. The van der Waals surface area contributed by atoms with E-state index in [1.54, 1.807) is 0 Å². The lowest BCUT2D eigenvalue weighted by Crippen LogP contribution is -2.45. The van der Waals surface area contributed by atoms with Gasteiger partial charge in [0.15, 0.2) is 0 Å². The molecule has 1 aromatic heterocycles. The fraction of sp³-hybridized carbons (Fsp3) is 0.786. The normalized spacial score (nSPS) is 23.3. The molecule has 4 heteroatoms. The van der Waals surface area contributed by atoms with E-state index >= 15 is 0 Å². The number of rotatable bonds is 6. The third kappa shape index (κ3) is 2.75. The molecule has 2 heterocycles. The summed E-state index contributed by atoms with van der Waals surface area (Å²) in [6.07, 6.45) is 5.28. The molecular weight excluding hydrogens is 224 g/mol. The molecule has 0 unspecified atom stereocenters. The van der Waals surface area contributed by atoms with Crippen LogP contribution in [0, 0.1) is 0 Å². The highest BCUT2D eigenvalue weighted by atomic mass is 15.1. The molecule has 0 fully saturated rings. The van der Waals surface area contributed by atoms with Crippen molar-refractivity contribution >= 4 is 0 Å². The molecule has 102 valence electrons. The Hall–Kier alpha value is -0.870. The van der Waals surface area contributed by atoms with Crippen molar-refractivity contribution in [1.82, 2.24) is 20.2 Å². The second-order valence-corrected chi connectivity index (χ2v) is 5.37. The first-order chi connectivity index (χ1) is 8.69. The van der Waals surface area contributed by atoms with E-state index in [0.29, 0.717) is 0 Å². The van der Waals surface area contributed by atoms with Crippen LogP contribution in [0.2, 0.25) is 0 Å². The van der Waals surface area contributed by atoms with Gasteiger partial charge in [-0.05, 0) is 39.4 Å². The summed E-state index contributed by atoms with van der Waals surface area (Å²) in [5, 5.41) is 3.65. The molecular formula is C14H26N4. The summed E-state index contributed by atoms with van der Waals surface area (Å²) < 4.78 is 0. The average Bonchev–Trinajstić information content (AvgIpc) is 2.85. The highest BCUT2D eigenvalue weighted by Crippen LogP contribution is 2.29. The van der Waals surface area contributed by atoms with E-state index in [0.717, 1.165) is 32.5 Å². The summed E-state index contributed by atoms with van der Waals surface area (Å²) in [6.45, 7) is 11.3. The van der Waals surface area contributed by atoms with Crippen molar-refractivity contribution in [2.45, 2.75) is 45.6 Å². The molecule has 0 aromatic carbocycles. The minimum atomic E-state index is 0.0563. The van der Waals surface area contributed by atoms with E-state index in [1.165, 1.54) is 24.4 Å². The average molecular weight is 250 g/mol. The maximum Gasteiger partial charge on any atom is 0.0926 e. The van der Waals surface area contributed by atoms with Gasteiger partial charge in [0.2, 0.25) is 0 Å². The predicted molar refractivity (Wildman–Crippen MR) is 74.7 cm³/mol. The molecule has 2 rings (SSSR count). The van der Waals surface area contributed by atoms with Crippen LogP contribution in [0.25, 0.3) is 0 Å². The lowest BCUT2D eigenvalue weighted by molar-refractivity contribution is 0.254. The zero-order valence-corrected chi connectivity index (χ0v) is 11.9. The largest absolute Gasteiger partial charge is 0.348 e. The Morgan fingerprint density at radius 3 is 2.89 bits per heavy atom. The quantitative estimate of drug-likeness (QED) is 0.810. The predicted octanol–water partition coefficient (Wildman–Crippen LogP) is 1.89. The van der Waals surface area contributed by atoms with Crippen molar-refractivity contribution in [2.24, 2.45) is 0 Å². The van der Waals surface area contributed by atoms with Gasteiger partial charge < -0.3 is 15.2 Å². The summed E-state index contributed by atoms with van der Waals surface area (Å²) in [6, 6.07) is 0. The topological polar surface area (TPSA) is 44.0 Å². The number of aromatic amines is 1. The van der Waals surface area contributed by atoms with Crippen LogP contribution in [0.5, 0.6) is 0 Å². The number of hydrogen-bond donors (Lipinski definition) is 2. The molecule has 2 N–H and O–H groups in total. The first-order valence-corrected chi connectivity index (χ1v) is 7.19. The van der Waals surface area contributed by atoms with Gasteiger partial charge in [0.25, 0.3) is 0 Å². The Morgan fingerprint density at radius 1 is 1.39 bits per heavy atom. The Bertz CT molecular complexity index is 370. The van der Waals surface area contributed by atoms with E-state index in [9.17, 15) is 0 Å². The zero-order chi connectivity index (χ0) is 13.0. The van der Waals surface area contributed by atoms with Gasteiger partial charge in [-0.3, -0.25) is 0 Å². The molecule has 1 aliphatic rings.